The van der Waals surface area contributed by atoms with Crippen LogP contribution in [0.25, 0.3) is 11.4 Å². The number of hydrogen-bond donors (Lipinski definition) is 2. The van der Waals surface area contributed by atoms with Crippen molar-refractivity contribution in [1.82, 2.24) is 20.2 Å². The number of aliphatic hydroxyl groups is 1. The molecule has 7 heteroatoms. The molecular formula is C16H15N5OS. The van der Waals surface area contributed by atoms with E-state index in [1.54, 1.807) is 25.4 Å². The Bertz CT molecular complexity index is 773. The lowest BCUT2D eigenvalue weighted by atomic mass is 10.2. The van der Waals surface area contributed by atoms with Gasteiger partial charge in [-0.05, 0) is 31.2 Å². The number of hydrogen-bond acceptors (Lipinski definition) is 7. The molecule has 0 aliphatic carbocycles. The van der Waals surface area contributed by atoms with E-state index >= 15 is 0 Å². The number of aliphatic hydroxyl groups excluding tert-OH is 1. The number of rotatable bonds is 4. The van der Waals surface area contributed by atoms with Crippen LogP contribution in [0.3, 0.4) is 0 Å². The van der Waals surface area contributed by atoms with Crippen molar-refractivity contribution in [3.63, 3.8) is 0 Å². The van der Waals surface area contributed by atoms with Crippen LogP contribution in [0.4, 0.5) is 5.82 Å². The first kappa shape index (κ1) is 15.4. The van der Waals surface area contributed by atoms with Gasteiger partial charge < -0.3 is 10.8 Å². The number of aromatic nitrogens is 4. The monoisotopic (exact) mass is 325 g/mol. The molecule has 2 heterocycles. The van der Waals surface area contributed by atoms with Crippen LogP contribution in [0, 0.1) is 0 Å². The molecular weight excluding hydrogens is 310 g/mol. The second-order valence-corrected chi connectivity index (χ2v) is 6.03. The van der Waals surface area contributed by atoms with Gasteiger partial charge in [0.2, 0.25) is 0 Å². The Morgan fingerprint density at radius 3 is 2.26 bits per heavy atom. The summed E-state index contributed by atoms with van der Waals surface area (Å²) >= 11 is 1.50. The molecule has 116 valence electrons. The van der Waals surface area contributed by atoms with Crippen LogP contribution in [-0.2, 0) is 0 Å². The summed E-state index contributed by atoms with van der Waals surface area (Å²) in [5.41, 5.74) is 7.13. The van der Waals surface area contributed by atoms with Gasteiger partial charge in [0.1, 0.15) is 10.8 Å². The van der Waals surface area contributed by atoms with Crippen molar-refractivity contribution >= 4 is 17.6 Å². The molecule has 1 aromatic carbocycles. The highest BCUT2D eigenvalue weighted by molar-refractivity contribution is 7.99. The Morgan fingerprint density at radius 1 is 1.00 bits per heavy atom. The van der Waals surface area contributed by atoms with E-state index in [0.29, 0.717) is 17.2 Å². The minimum Gasteiger partial charge on any atom is -0.389 e. The Kier molecular flexibility index (Phi) is 4.50. The van der Waals surface area contributed by atoms with Crippen LogP contribution in [0.5, 0.6) is 0 Å². The first-order chi connectivity index (χ1) is 11.1. The predicted molar refractivity (Wildman–Crippen MR) is 88.7 cm³/mol. The number of nitrogens with two attached hydrogens (primary N) is 1. The van der Waals surface area contributed by atoms with Crippen LogP contribution in [-0.4, -0.2) is 25.3 Å². The first-order valence-electron chi connectivity index (χ1n) is 6.99. The zero-order valence-electron chi connectivity index (χ0n) is 12.4. The average Bonchev–Trinajstić information content (AvgIpc) is 2.58. The maximum atomic E-state index is 9.48. The van der Waals surface area contributed by atoms with Gasteiger partial charge >= 0.3 is 0 Å². The van der Waals surface area contributed by atoms with Crippen LogP contribution < -0.4 is 5.73 Å². The van der Waals surface area contributed by atoms with E-state index in [0.717, 1.165) is 15.5 Å². The smallest absolute Gasteiger partial charge is 0.159 e. The van der Waals surface area contributed by atoms with E-state index in [9.17, 15) is 5.11 Å². The molecule has 2 aromatic heterocycles. The summed E-state index contributed by atoms with van der Waals surface area (Å²) in [4.78, 5) is 9.59. The first-order valence-corrected chi connectivity index (χ1v) is 7.81. The molecule has 6 nitrogen and oxygen atoms in total. The molecule has 0 fully saturated rings. The summed E-state index contributed by atoms with van der Waals surface area (Å²) in [5.74, 6) is 1.03. The minimum absolute atomic E-state index is 0.405. The molecule has 0 aliphatic rings. The second kappa shape index (κ2) is 6.72. The molecule has 0 spiro atoms. The molecule has 0 bridgehead atoms. The zero-order valence-corrected chi connectivity index (χ0v) is 13.2. The van der Waals surface area contributed by atoms with Gasteiger partial charge in [-0.25, -0.2) is 9.97 Å². The number of benzene rings is 1. The average molecular weight is 325 g/mol. The Labute approximate surface area is 137 Å². The van der Waals surface area contributed by atoms with Crippen molar-refractivity contribution in [2.24, 2.45) is 0 Å². The second-order valence-electron chi connectivity index (χ2n) is 4.94. The van der Waals surface area contributed by atoms with Gasteiger partial charge in [-0.2, -0.15) is 0 Å². The largest absolute Gasteiger partial charge is 0.389 e. The van der Waals surface area contributed by atoms with E-state index in [-0.39, 0.29) is 0 Å². The van der Waals surface area contributed by atoms with Gasteiger partial charge in [0.25, 0.3) is 0 Å². The molecule has 1 atom stereocenters. The van der Waals surface area contributed by atoms with Gasteiger partial charge in [0.15, 0.2) is 5.82 Å². The third kappa shape index (κ3) is 3.82. The van der Waals surface area contributed by atoms with Crippen molar-refractivity contribution in [3.05, 3.63) is 54.4 Å². The standard InChI is InChI=1S/C16H15N5OS/c1-10(22)12-8-18-16(19-9-12)11-2-4-13(5-3-11)23-15-7-6-14(17)20-21-15/h2-10,22H,1H3,(H2,17,20). The highest BCUT2D eigenvalue weighted by Crippen LogP contribution is 2.27. The van der Waals surface area contributed by atoms with Gasteiger partial charge in [0.05, 0.1) is 6.10 Å². The van der Waals surface area contributed by atoms with E-state index in [4.69, 9.17) is 5.73 Å². The van der Waals surface area contributed by atoms with Gasteiger partial charge in [0, 0.05) is 28.4 Å². The predicted octanol–water partition coefficient (Wildman–Crippen LogP) is 2.72. The molecule has 0 aliphatic heterocycles. The van der Waals surface area contributed by atoms with Crippen LogP contribution >= 0.6 is 11.8 Å². The summed E-state index contributed by atoms with van der Waals surface area (Å²) < 4.78 is 0. The van der Waals surface area contributed by atoms with Gasteiger partial charge in [-0.1, -0.05) is 23.9 Å². The molecule has 3 N–H and O–H groups in total. The van der Waals surface area contributed by atoms with Gasteiger partial charge in [-0.3, -0.25) is 0 Å². The Balaban J connectivity index is 1.75. The van der Waals surface area contributed by atoms with Crippen molar-refractivity contribution in [2.45, 2.75) is 22.9 Å². The van der Waals surface area contributed by atoms with E-state index in [2.05, 4.69) is 20.2 Å². The highest BCUT2D eigenvalue weighted by Gasteiger charge is 2.06. The molecule has 1 unspecified atom stereocenters. The Morgan fingerprint density at radius 2 is 1.70 bits per heavy atom. The van der Waals surface area contributed by atoms with Crippen molar-refractivity contribution < 1.29 is 5.11 Å². The van der Waals surface area contributed by atoms with Crippen molar-refractivity contribution in [3.8, 4) is 11.4 Å². The van der Waals surface area contributed by atoms with E-state index in [1.807, 2.05) is 30.3 Å². The summed E-state index contributed by atoms with van der Waals surface area (Å²) in [6.07, 6.45) is 2.71. The van der Waals surface area contributed by atoms with Gasteiger partial charge in [-0.15, -0.1) is 10.2 Å². The summed E-state index contributed by atoms with van der Waals surface area (Å²) in [6, 6.07) is 11.4. The maximum absolute atomic E-state index is 9.48. The zero-order chi connectivity index (χ0) is 16.2. The molecule has 0 saturated carbocycles. The molecule has 0 amide bonds. The molecule has 3 aromatic rings. The van der Waals surface area contributed by atoms with Crippen LogP contribution in [0.15, 0.2) is 58.7 Å². The summed E-state index contributed by atoms with van der Waals surface area (Å²) in [5, 5.41) is 18.1. The quantitative estimate of drug-likeness (QED) is 0.761. The summed E-state index contributed by atoms with van der Waals surface area (Å²) in [7, 11) is 0. The maximum Gasteiger partial charge on any atom is 0.159 e. The van der Waals surface area contributed by atoms with Crippen LogP contribution in [0.1, 0.15) is 18.6 Å². The number of anilines is 1. The Hall–Kier alpha value is -2.51. The third-order valence-corrected chi connectivity index (χ3v) is 4.08. The molecule has 23 heavy (non-hydrogen) atoms. The molecule has 0 saturated heterocycles. The number of nitrogens with zero attached hydrogens (tertiary/aromatic N) is 4. The van der Waals surface area contributed by atoms with Crippen molar-refractivity contribution in [1.29, 1.82) is 0 Å². The lowest BCUT2D eigenvalue weighted by Gasteiger charge is -2.05. The minimum atomic E-state index is -0.566. The van der Waals surface area contributed by atoms with Crippen molar-refractivity contribution in [2.75, 3.05) is 5.73 Å². The highest BCUT2D eigenvalue weighted by atomic mass is 32.2. The topological polar surface area (TPSA) is 97.8 Å². The number of nitrogen functional groups attached to an aromatic ring is 1. The third-order valence-electron chi connectivity index (χ3n) is 3.15. The SMILES string of the molecule is CC(O)c1cnc(-c2ccc(Sc3ccc(N)nn3)cc2)nc1. The molecule has 3 rings (SSSR count). The fourth-order valence-corrected chi connectivity index (χ4v) is 2.61. The fourth-order valence-electron chi connectivity index (χ4n) is 1.88. The van der Waals surface area contributed by atoms with E-state index in [1.165, 1.54) is 11.8 Å². The lowest BCUT2D eigenvalue weighted by molar-refractivity contribution is 0.198. The normalized spacial score (nSPS) is 12.1. The summed E-state index contributed by atoms with van der Waals surface area (Å²) in [6.45, 7) is 1.68. The fraction of sp³-hybridized carbons (Fsp3) is 0.125. The van der Waals surface area contributed by atoms with Crippen LogP contribution in [0.2, 0.25) is 0 Å². The van der Waals surface area contributed by atoms with E-state index < -0.39 is 6.10 Å². The molecule has 0 radical (unpaired) electrons. The lowest BCUT2D eigenvalue weighted by Crippen LogP contribution is -1.96.